The Bertz CT molecular complexity index is 2330. The molecule has 2 aliphatic heterocycles. The summed E-state index contributed by atoms with van der Waals surface area (Å²) in [6.07, 6.45) is 13.6. The summed E-state index contributed by atoms with van der Waals surface area (Å²) in [5.41, 5.74) is 4.07. The molecule has 0 saturated heterocycles. The van der Waals surface area contributed by atoms with Gasteiger partial charge in [0.05, 0.1) is 19.8 Å². The Balaban J connectivity index is 1.03. The van der Waals surface area contributed by atoms with Gasteiger partial charge in [-0.2, -0.15) is 0 Å². The molecule has 7 heteroatoms. The summed E-state index contributed by atoms with van der Waals surface area (Å²) in [5, 5.41) is 6.60. The molecule has 8 rings (SSSR count). The van der Waals surface area contributed by atoms with Crippen LogP contribution in [0.2, 0.25) is 0 Å². The maximum absolute atomic E-state index is 13.9. The van der Waals surface area contributed by atoms with E-state index in [4.69, 9.17) is 4.74 Å². The highest BCUT2D eigenvalue weighted by Gasteiger charge is 2.36. The number of rotatable bonds is 17. The molecular weight excluding hydrogens is 673 g/mol. The van der Waals surface area contributed by atoms with Gasteiger partial charge < -0.3 is 4.74 Å². The van der Waals surface area contributed by atoms with Crippen LogP contribution in [0.15, 0.2) is 79.4 Å². The van der Waals surface area contributed by atoms with E-state index < -0.39 is 0 Å². The third kappa shape index (κ3) is 6.14. The molecule has 0 saturated carbocycles. The molecule has 0 radical (unpaired) electrons. The lowest BCUT2D eigenvalue weighted by molar-refractivity contribution is 0.0503. The van der Waals surface area contributed by atoms with Crippen molar-refractivity contribution in [3.05, 3.63) is 113 Å². The first-order chi connectivity index (χ1) is 26.4. The first kappa shape index (κ1) is 35.6. The second kappa shape index (κ2) is 15.2. The van der Waals surface area contributed by atoms with E-state index in [2.05, 4.69) is 13.5 Å². The lowest BCUT2D eigenvalue weighted by Gasteiger charge is -2.30. The number of unbranched alkanes of at least 4 members (excludes halogenated alkanes) is 9. The molecule has 0 aliphatic carbocycles. The summed E-state index contributed by atoms with van der Waals surface area (Å²) in [6, 6.07) is 23.0. The van der Waals surface area contributed by atoms with E-state index in [0.717, 1.165) is 62.7 Å². The summed E-state index contributed by atoms with van der Waals surface area (Å²) < 4.78 is 5.87. The van der Waals surface area contributed by atoms with Crippen molar-refractivity contribution in [3.63, 3.8) is 0 Å². The van der Waals surface area contributed by atoms with Crippen molar-refractivity contribution in [2.75, 3.05) is 19.7 Å². The van der Waals surface area contributed by atoms with Gasteiger partial charge in [-0.15, -0.1) is 0 Å². The molecule has 0 bridgehead atoms. The van der Waals surface area contributed by atoms with E-state index in [-0.39, 0.29) is 36.8 Å². The van der Waals surface area contributed by atoms with Crippen LogP contribution in [0.25, 0.3) is 49.2 Å². The molecule has 4 amide bonds. The lowest BCUT2D eigenvalue weighted by atomic mass is 9.82. The zero-order valence-electron chi connectivity index (χ0n) is 31.0. The van der Waals surface area contributed by atoms with Crippen LogP contribution in [-0.2, 0) is 11.3 Å². The van der Waals surface area contributed by atoms with E-state index in [1.807, 2.05) is 60.7 Å². The van der Waals surface area contributed by atoms with Gasteiger partial charge in [0.1, 0.15) is 0 Å². The maximum atomic E-state index is 13.9. The Morgan fingerprint density at radius 1 is 0.500 bits per heavy atom. The molecule has 0 aromatic heterocycles. The molecule has 6 aromatic rings. The lowest BCUT2D eigenvalue weighted by Crippen LogP contribution is -2.42. The predicted octanol–water partition coefficient (Wildman–Crippen LogP) is 10.7. The maximum Gasteiger partial charge on any atom is 0.261 e. The molecule has 2 heterocycles. The number of nitrogens with zero attached hydrogens (tertiary/aromatic N) is 2. The smallest absolute Gasteiger partial charge is 0.261 e. The van der Waals surface area contributed by atoms with Crippen LogP contribution in [0.1, 0.15) is 124 Å². The molecule has 2 aliphatic rings. The summed E-state index contributed by atoms with van der Waals surface area (Å²) in [6.45, 7) is 7.16. The average molecular weight is 719 g/mol. The van der Waals surface area contributed by atoms with Gasteiger partial charge in [0.15, 0.2) is 0 Å². The first-order valence-electron chi connectivity index (χ1n) is 19.6. The zero-order chi connectivity index (χ0) is 37.3. The Labute approximate surface area is 315 Å². The third-order valence-electron chi connectivity index (χ3n) is 11.5. The molecule has 0 N–H and O–H groups in total. The predicted molar refractivity (Wildman–Crippen MR) is 216 cm³/mol. The number of hydrogen-bond donors (Lipinski definition) is 0. The minimum absolute atomic E-state index is 0.138. The van der Waals surface area contributed by atoms with Crippen LogP contribution >= 0.6 is 0 Å². The Morgan fingerprint density at radius 2 is 0.907 bits per heavy atom. The zero-order valence-corrected chi connectivity index (χ0v) is 31.0. The quantitative estimate of drug-likeness (QED) is 0.0406. The van der Waals surface area contributed by atoms with Gasteiger partial charge in [-0.1, -0.05) is 126 Å². The third-order valence-corrected chi connectivity index (χ3v) is 11.5. The van der Waals surface area contributed by atoms with Crippen molar-refractivity contribution < 1.29 is 23.9 Å². The van der Waals surface area contributed by atoms with E-state index in [1.54, 1.807) is 18.2 Å². The van der Waals surface area contributed by atoms with Gasteiger partial charge in [0.25, 0.3) is 23.6 Å². The summed E-state index contributed by atoms with van der Waals surface area (Å²) in [7, 11) is 0. The van der Waals surface area contributed by atoms with Crippen molar-refractivity contribution in [1.29, 1.82) is 0 Å². The topological polar surface area (TPSA) is 84.0 Å². The van der Waals surface area contributed by atoms with Gasteiger partial charge in [0, 0.05) is 39.6 Å². The van der Waals surface area contributed by atoms with E-state index in [9.17, 15) is 19.2 Å². The van der Waals surface area contributed by atoms with Crippen LogP contribution < -0.4 is 0 Å². The number of hydrogen-bond acceptors (Lipinski definition) is 5. The second-order valence-electron chi connectivity index (χ2n) is 14.8. The van der Waals surface area contributed by atoms with Gasteiger partial charge >= 0.3 is 0 Å². The molecule has 0 atom stereocenters. The number of fused-ring (bicyclic) bond motifs is 2. The van der Waals surface area contributed by atoms with Crippen LogP contribution in [0.4, 0.5) is 0 Å². The molecule has 0 spiro atoms. The van der Waals surface area contributed by atoms with Crippen LogP contribution in [-0.4, -0.2) is 53.1 Å². The van der Waals surface area contributed by atoms with Gasteiger partial charge in [-0.05, 0) is 74.1 Å². The number of carbonyl (C=O) groups excluding carboxylic acids is 4. The Morgan fingerprint density at radius 3 is 1.33 bits per heavy atom. The van der Waals surface area contributed by atoms with E-state index in [0.29, 0.717) is 46.2 Å². The molecule has 0 fully saturated rings. The molecule has 7 nitrogen and oxygen atoms in total. The number of ether oxygens (including phenoxy) is 1. The van der Waals surface area contributed by atoms with Crippen molar-refractivity contribution in [2.45, 2.75) is 77.7 Å². The number of imide groups is 2. The summed E-state index contributed by atoms with van der Waals surface area (Å²) in [4.78, 5) is 58.3. The number of carbonyl (C=O) groups is 4. The number of amides is 4. The highest BCUT2D eigenvalue weighted by atomic mass is 16.5. The van der Waals surface area contributed by atoms with Crippen LogP contribution in [0, 0.1) is 0 Å². The molecule has 6 aromatic carbocycles. The highest BCUT2D eigenvalue weighted by Crippen LogP contribution is 2.46. The second-order valence-corrected chi connectivity index (χ2v) is 14.8. The molecular formula is C47H46N2O5. The van der Waals surface area contributed by atoms with E-state index in [1.165, 1.54) is 54.7 Å². The minimum atomic E-state index is -0.343. The molecule has 0 unspecified atom stereocenters. The first-order valence-corrected chi connectivity index (χ1v) is 19.6. The standard InChI is InChI=1S/C47H46N2O5/c1-3-5-6-7-8-9-10-11-12-13-26-48-44(50)36-22-18-32-34-20-24-38-43-39(25-21-35(41(34)43)33-19-23-37(45(48)51)42(36)40(32)33)47(53)49(46(38)52)27-28-54-29-31-16-14-30(4-2)15-17-31/h4,14-25H,2-3,5-13,26-29H2,1H3. The summed E-state index contributed by atoms with van der Waals surface area (Å²) in [5.74, 6) is -1.17. The fraction of sp³-hybridized carbons (Fsp3) is 0.319. The minimum Gasteiger partial charge on any atom is -0.375 e. The van der Waals surface area contributed by atoms with E-state index >= 15 is 0 Å². The van der Waals surface area contributed by atoms with Crippen molar-refractivity contribution >= 4 is 72.8 Å². The SMILES string of the molecule is C=Cc1ccc(COCCN2C(=O)c3ccc4c5ccc6c7c(ccc(c8ccc(c3c48)C2=O)c75)C(=O)N(CCCCCCCCCCCC)C6=O)cc1. The Kier molecular flexibility index (Phi) is 9.99. The number of benzene rings is 6. The highest BCUT2D eigenvalue weighted by molar-refractivity contribution is 6.41. The summed E-state index contributed by atoms with van der Waals surface area (Å²) >= 11 is 0. The van der Waals surface area contributed by atoms with Crippen LogP contribution in [0.3, 0.4) is 0 Å². The molecule has 54 heavy (non-hydrogen) atoms. The van der Waals surface area contributed by atoms with Gasteiger partial charge in [-0.25, -0.2) is 0 Å². The monoisotopic (exact) mass is 718 g/mol. The largest absolute Gasteiger partial charge is 0.375 e. The molecule has 274 valence electrons. The van der Waals surface area contributed by atoms with Gasteiger partial charge in [-0.3, -0.25) is 29.0 Å². The van der Waals surface area contributed by atoms with Gasteiger partial charge in [0.2, 0.25) is 0 Å². The fourth-order valence-corrected chi connectivity index (χ4v) is 8.63. The van der Waals surface area contributed by atoms with Crippen LogP contribution in [0.5, 0.6) is 0 Å². The van der Waals surface area contributed by atoms with Crippen molar-refractivity contribution in [2.24, 2.45) is 0 Å². The average Bonchev–Trinajstić information content (AvgIpc) is 3.20. The van der Waals surface area contributed by atoms with Crippen molar-refractivity contribution in [3.8, 4) is 0 Å². The normalized spacial score (nSPS) is 14.2. The van der Waals surface area contributed by atoms with Crippen molar-refractivity contribution in [1.82, 2.24) is 9.80 Å². The fourth-order valence-electron chi connectivity index (χ4n) is 8.63. The Hall–Kier alpha value is -5.40.